The fourth-order valence-corrected chi connectivity index (χ4v) is 1.62. The van der Waals surface area contributed by atoms with Crippen molar-refractivity contribution in [1.82, 2.24) is 5.32 Å². The topological polar surface area (TPSA) is 41.1 Å². The van der Waals surface area contributed by atoms with Gasteiger partial charge in [0.2, 0.25) is 5.91 Å². The molecule has 82 valence electrons. The molecule has 0 atom stereocenters. The van der Waals surface area contributed by atoms with Gasteiger partial charge in [-0.3, -0.25) is 4.79 Å². The zero-order valence-electron chi connectivity index (χ0n) is 8.93. The van der Waals surface area contributed by atoms with Gasteiger partial charge in [0.05, 0.1) is 0 Å². The fraction of sp³-hybridized carbons (Fsp3) is 0.364. The number of halogens is 1. The molecule has 0 aliphatic carbocycles. The fourth-order valence-electron chi connectivity index (χ4n) is 1.22. The number of nitrogens with one attached hydrogen (secondary N) is 2. The minimum Gasteiger partial charge on any atom is -0.384 e. The van der Waals surface area contributed by atoms with Crippen LogP contribution in [0.15, 0.2) is 22.7 Å². The van der Waals surface area contributed by atoms with E-state index in [1.807, 2.05) is 25.1 Å². The lowest BCUT2D eigenvalue weighted by Crippen LogP contribution is -2.20. The van der Waals surface area contributed by atoms with Crippen molar-refractivity contribution in [2.45, 2.75) is 13.3 Å². The third-order valence-electron chi connectivity index (χ3n) is 2.14. The summed E-state index contributed by atoms with van der Waals surface area (Å²) in [5, 5.41) is 5.80. The summed E-state index contributed by atoms with van der Waals surface area (Å²) in [5.41, 5.74) is 2.21. The Balaban J connectivity index is 2.51. The van der Waals surface area contributed by atoms with Gasteiger partial charge in [-0.25, -0.2) is 0 Å². The second kappa shape index (κ2) is 5.75. The number of rotatable bonds is 4. The van der Waals surface area contributed by atoms with Gasteiger partial charge in [-0.1, -0.05) is 12.1 Å². The number of hydrogen-bond acceptors (Lipinski definition) is 2. The summed E-state index contributed by atoms with van der Waals surface area (Å²) in [7, 11) is 1.64. The summed E-state index contributed by atoms with van der Waals surface area (Å²) in [4.78, 5) is 11.0. The van der Waals surface area contributed by atoms with Crippen LogP contribution in [0.1, 0.15) is 12.0 Å². The van der Waals surface area contributed by atoms with Crippen molar-refractivity contribution in [2.24, 2.45) is 0 Å². The minimum absolute atomic E-state index is 0.0475. The summed E-state index contributed by atoms with van der Waals surface area (Å²) in [5.74, 6) is 0.0475. The van der Waals surface area contributed by atoms with Crippen LogP contribution in [0.5, 0.6) is 0 Å². The molecule has 0 spiro atoms. The van der Waals surface area contributed by atoms with Crippen LogP contribution in [-0.2, 0) is 4.79 Å². The third-order valence-corrected chi connectivity index (χ3v) is 3.19. The number of anilines is 1. The predicted octanol–water partition coefficient (Wildman–Crippen LogP) is 2.31. The van der Waals surface area contributed by atoms with Gasteiger partial charge >= 0.3 is 0 Å². The zero-order valence-corrected chi connectivity index (χ0v) is 10.5. The largest absolute Gasteiger partial charge is 0.384 e. The highest BCUT2D eigenvalue weighted by molar-refractivity contribution is 9.10. The van der Waals surface area contributed by atoms with E-state index in [1.54, 1.807) is 7.05 Å². The first-order valence-corrected chi connectivity index (χ1v) is 5.64. The number of carbonyl (C=O) groups excluding carboxylic acids is 1. The first kappa shape index (κ1) is 12.0. The van der Waals surface area contributed by atoms with Crippen molar-refractivity contribution in [2.75, 3.05) is 18.9 Å². The number of amides is 1. The van der Waals surface area contributed by atoms with Crippen LogP contribution in [0.3, 0.4) is 0 Å². The van der Waals surface area contributed by atoms with Gasteiger partial charge in [0.1, 0.15) is 0 Å². The van der Waals surface area contributed by atoms with Crippen LogP contribution in [0.25, 0.3) is 0 Å². The Morgan fingerprint density at radius 3 is 2.87 bits per heavy atom. The lowest BCUT2D eigenvalue weighted by molar-refractivity contribution is -0.120. The van der Waals surface area contributed by atoms with Crippen LogP contribution in [0.4, 0.5) is 5.69 Å². The maximum Gasteiger partial charge on any atom is 0.221 e. The molecule has 1 rings (SSSR count). The first-order chi connectivity index (χ1) is 7.15. The Kier molecular flexibility index (Phi) is 4.62. The summed E-state index contributed by atoms with van der Waals surface area (Å²) in [6.45, 7) is 2.68. The summed E-state index contributed by atoms with van der Waals surface area (Å²) in [6, 6.07) is 6.01. The molecule has 2 N–H and O–H groups in total. The summed E-state index contributed by atoms with van der Waals surface area (Å²) in [6.07, 6.45) is 0.483. The van der Waals surface area contributed by atoms with Crippen molar-refractivity contribution in [3.8, 4) is 0 Å². The lowest BCUT2D eigenvalue weighted by Gasteiger charge is -2.09. The molecule has 1 aromatic carbocycles. The van der Waals surface area contributed by atoms with E-state index in [2.05, 4.69) is 26.6 Å². The molecule has 0 unspecified atom stereocenters. The van der Waals surface area contributed by atoms with Gasteiger partial charge in [-0.15, -0.1) is 0 Å². The van der Waals surface area contributed by atoms with Gasteiger partial charge in [0, 0.05) is 30.2 Å². The predicted molar refractivity (Wildman–Crippen MR) is 66.1 cm³/mol. The second-order valence-electron chi connectivity index (χ2n) is 3.29. The maximum absolute atomic E-state index is 11.0. The Bertz CT molecular complexity index is 352. The van der Waals surface area contributed by atoms with Gasteiger partial charge in [-0.05, 0) is 34.5 Å². The van der Waals surface area contributed by atoms with E-state index in [-0.39, 0.29) is 5.91 Å². The van der Waals surface area contributed by atoms with Gasteiger partial charge in [-0.2, -0.15) is 0 Å². The number of benzene rings is 1. The number of carbonyl (C=O) groups is 1. The Hall–Kier alpha value is -1.03. The molecule has 0 fully saturated rings. The quantitative estimate of drug-likeness (QED) is 0.882. The zero-order chi connectivity index (χ0) is 11.3. The first-order valence-electron chi connectivity index (χ1n) is 4.84. The molecular weight excluding hydrogens is 256 g/mol. The standard InChI is InChI=1S/C11H15BrN2O/c1-8-4-3-5-9(11(8)12)14-7-6-10(15)13-2/h3-5,14H,6-7H2,1-2H3,(H,13,15). The average Bonchev–Trinajstić information content (AvgIpc) is 2.24. The van der Waals surface area contributed by atoms with Crippen LogP contribution >= 0.6 is 15.9 Å². The van der Waals surface area contributed by atoms with Gasteiger partial charge in [0.25, 0.3) is 0 Å². The third kappa shape index (κ3) is 3.55. The van der Waals surface area contributed by atoms with E-state index in [9.17, 15) is 4.79 Å². The number of aryl methyl sites for hydroxylation is 1. The van der Waals surface area contributed by atoms with E-state index in [0.717, 1.165) is 10.2 Å². The molecule has 0 aliphatic rings. The molecule has 0 saturated carbocycles. The molecule has 0 aliphatic heterocycles. The second-order valence-corrected chi connectivity index (χ2v) is 4.08. The minimum atomic E-state index is 0.0475. The molecule has 0 saturated heterocycles. The van der Waals surface area contributed by atoms with Gasteiger partial charge < -0.3 is 10.6 Å². The summed E-state index contributed by atoms with van der Waals surface area (Å²) >= 11 is 3.50. The van der Waals surface area contributed by atoms with E-state index >= 15 is 0 Å². The highest BCUT2D eigenvalue weighted by Crippen LogP contribution is 2.25. The van der Waals surface area contributed by atoms with E-state index in [0.29, 0.717) is 13.0 Å². The molecule has 3 nitrogen and oxygen atoms in total. The van der Waals surface area contributed by atoms with Crippen LogP contribution in [-0.4, -0.2) is 19.5 Å². The van der Waals surface area contributed by atoms with Crippen LogP contribution in [0.2, 0.25) is 0 Å². The highest BCUT2D eigenvalue weighted by Gasteiger charge is 2.02. The monoisotopic (exact) mass is 270 g/mol. The smallest absolute Gasteiger partial charge is 0.221 e. The van der Waals surface area contributed by atoms with Gasteiger partial charge in [0.15, 0.2) is 0 Å². The molecule has 1 amide bonds. The van der Waals surface area contributed by atoms with Crippen LogP contribution < -0.4 is 10.6 Å². The van der Waals surface area contributed by atoms with Crippen molar-refractivity contribution in [3.05, 3.63) is 28.2 Å². The van der Waals surface area contributed by atoms with Crippen molar-refractivity contribution in [1.29, 1.82) is 0 Å². The van der Waals surface area contributed by atoms with Crippen molar-refractivity contribution < 1.29 is 4.79 Å². The molecule has 15 heavy (non-hydrogen) atoms. The van der Waals surface area contributed by atoms with Crippen molar-refractivity contribution in [3.63, 3.8) is 0 Å². The van der Waals surface area contributed by atoms with E-state index in [1.165, 1.54) is 5.56 Å². The molecular formula is C11H15BrN2O. The molecule has 0 heterocycles. The molecule has 0 bridgehead atoms. The number of hydrogen-bond donors (Lipinski definition) is 2. The normalized spacial score (nSPS) is 9.80. The maximum atomic E-state index is 11.0. The SMILES string of the molecule is CNC(=O)CCNc1cccc(C)c1Br. The summed E-state index contributed by atoms with van der Waals surface area (Å²) < 4.78 is 1.06. The Morgan fingerprint density at radius 2 is 2.20 bits per heavy atom. The Morgan fingerprint density at radius 1 is 1.47 bits per heavy atom. The molecule has 1 aromatic rings. The van der Waals surface area contributed by atoms with E-state index < -0.39 is 0 Å². The highest BCUT2D eigenvalue weighted by atomic mass is 79.9. The van der Waals surface area contributed by atoms with E-state index in [4.69, 9.17) is 0 Å². The van der Waals surface area contributed by atoms with Crippen LogP contribution in [0, 0.1) is 6.92 Å². The molecule has 4 heteroatoms. The molecule has 0 aromatic heterocycles. The molecule has 0 radical (unpaired) electrons. The Labute approximate surface area is 98.4 Å². The lowest BCUT2D eigenvalue weighted by atomic mass is 10.2. The average molecular weight is 271 g/mol. The van der Waals surface area contributed by atoms with Crippen molar-refractivity contribution >= 4 is 27.5 Å².